The molecule has 1 saturated heterocycles. The molecule has 0 aromatic heterocycles. The van der Waals surface area contributed by atoms with Crippen molar-refractivity contribution in [2.45, 2.75) is 44.9 Å². The van der Waals surface area contributed by atoms with Crippen molar-refractivity contribution in [1.29, 1.82) is 0 Å². The molecule has 0 bridgehead atoms. The number of hydrogen-bond acceptors (Lipinski definition) is 2. The summed E-state index contributed by atoms with van der Waals surface area (Å²) in [6.45, 7) is 2.08. The molecular formula is C18H26N2O2. The van der Waals surface area contributed by atoms with Gasteiger partial charge in [-0.3, -0.25) is 9.59 Å². The molecule has 0 radical (unpaired) electrons. The first kappa shape index (κ1) is 16.5. The number of nitrogens with one attached hydrogen (secondary N) is 1. The molecule has 1 aromatic carbocycles. The smallest absolute Gasteiger partial charge is 0.222 e. The van der Waals surface area contributed by atoms with E-state index in [0.717, 1.165) is 45.2 Å². The van der Waals surface area contributed by atoms with E-state index in [4.69, 9.17) is 0 Å². The normalized spacial score (nSPS) is 17.5. The van der Waals surface area contributed by atoms with E-state index in [-0.39, 0.29) is 11.8 Å². The Hall–Kier alpha value is -1.84. The number of carbonyl (C=O) groups excluding carboxylic acids is 2. The van der Waals surface area contributed by atoms with Crippen LogP contribution in [0.25, 0.3) is 0 Å². The number of rotatable bonds is 3. The number of benzene rings is 1. The summed E-state index contributed by atoms with van der Waals surface area (Å²) in [6.07, 6.45) is 6.01. The van der Waals surface area contributed by atoms with Gasteiger partial charge >= 0.3 is 0 Å². The van der Waals surface area contributed by atoms with Crippen molar-refractivity contribution < 1.29 is 9.59 Å². The molecule has 1 heterocycles. The lowest BCUT2D eigenvalue weighted by Crippen LogP contribution is -2.35. The van der Waals surface area contributed by atoms with Crippen LogP contribution in [0.1, 0.15) is 44.1 Å². The van der Waals surface area contributed by atoms with Crippen molar-refractivity contribution in [1.82, 2.24) is 10.2 Å². The van der Waals surface area contributed by atoms with Crippen LogP contribution in [0, 0.1) is 0 Å². The monoisotopic (exact) mass is 302 g/mol. The lowest BCUT2D eigenvalue weighted by Gasteiger charge is -2.22. The minimum Gasteiger partial charge on any atom is -0.356 e. The molecule has 0 unspecified atom stereocenters. The van der Waals surface area contributed by atoms with Crippen molar-refractivity contribution in [3.05, 3.63) is 35.9 Å². The van der Waals surface area contributed by atoms with Crippen LogP contribution in [-0.4, -0.2) is 36.3 Å². The first-order valence-electron chi connectivity index (χ1n) is 8.34. The second-order valence-corrected chi connectivity index (χ2v) is 5.88. The number of nitrogens with zero attached hydrogens (tertiary/aromatic N) is 1. The summed E-state index contributed by atoms with van der Waals surface area (Å²) in [5.41, 5.74) is 1.19. The first-order chi connectivity index (χ1) is 10.8. The molecule has 2 rings (SSSR count). The molecule has 1 aliphatic heterocycles. The highest BCUT2D eigenvalue weighted by atomic mass is 16.2. The molecule has 4 nitrogen and oxygen atoms in total. The molecule has 2 amide bonds. The molecule has 1 aliphatic rings. The maximum atomic E-state index is 12.4. The summed E-state index contributed by atoms with van der Waals surface area (Å²) in [5.74, 6) is 0.221. The second kappa shape index (κ2) is 9.23. The Morgan fingerprint density at radius 3 is 2.64 bits per heavy atom. The van der Waals surface area contributed by atoms with Crippen LogP contribution < -0.4 is 5.32 Å². The number of carbonyl (C=O) groups is 2. The molecule has 22 heavy (non-hydrogen) atoms. The van der Waals surface area contributed by atoms with Crippen molar-refractivity contribution in [2.24, 2.45) is 0 Å². The van der Waals surface area contributed by atoms with Crippen molar-refractivity contribution in [2.75, 3.05) is 19.6 Å². The number of amides is 2. The Morgan fingerprint density at radius 1 is 1.05 bits per heavy atom. The molecule has 0 aliphatic carbocycles. The van der Waals surface area contributed by atoms with Crippen molar-refractivity contribution in [3.63, 3.8) is 0 Å². The fourth-order valence-electron chi connectivity index (χ4n) is 2.75. The quantitative estimate of drug-likeness (QED) is 0.933. The van der Waals surface area contributed by atoms with E-state index in [9.17, 15) is 9.59 Å². The van der Waals surface area contributed by atoms with Gasteiger partial charge in [-0.05, 0) is 24.8 Å². The van der Waals surface area contributed by atoms with E-state index in [0.29, 0.717) is 19.4 Å². The highest BCUT2D eigenvalue weighted by Crippen LogP contribution is 2.08. The minimum atomic E-state index is 0.0581. The third-order valence-electron chi connectivity index (χ3n) is 4.11. The lowest BCUT2D eigenvalue weighted by molar-refractivity contribution is -0.132. The fourth-order valence-corrected chi connectivity index (χ4v) is 2.75. The van der Waals surface area contributed by atoms with Gasteiger partial charge in [-0.25, -0.2) is 0 Å². The zero-order chi connectivity index (χ0) is 15.6. The number of hydrogen-bond donors (Lipinski definition) is 1. The molecule has 1 fully saturated rings. The van der Waals surface area contributed by atoms with Gasteiger partial charge in [0.1, 0.15) is 0 Å². The average molecular weight is 302 g/mol. The summed E-state index contributed by atoms with van der Waals surface area (Å²) in [5, 5.41) is 2.92. The summed E-state index contributed by atoms with van der Waals surface area (Å²) < 4.78 is 0. The topological polar surface area (TPSA) is 49.4 Å². The lowest BCUT2D eigenvalue weighted by atomic mass is 10.1. The Labute approximate surface area is 132 Å². The van der Waals surface area contributed by atoms with Gasteiger partial charge in [0.2, 0.25) is 11.8 Å². The molecule has 0 saturated carbocycles. The van der Waals surface area contributed by atoms with Crippen LogP contribution in [-0.2, 0) is 16.0 Å². The van der Waals surface area contributed by atoms with Crippen LogP contribution in [0.4, 0.5) is 0 Å². The van der Waals surface area contributed by atoms with Crippen molar-refractivity contribution in [3.8, 4) is 0 Å². The maximum Gasteiger partial charge on any atom is 0.222 e. The molecular weight excluding hydrogens is 276 g/mol. The van der Waals surface area contributed by atoms with Crippen LogP contribution in [0.3, 0.4) is 0 Å². The summed E-state index contributed by atoms with van der Waals surface area (Å²) in [7, 11) is 0. The zero-order valence-corrected chi connectivity index (χ0v) is 13.2. The molecule has 4 heteroatoms. The highest BCUT2D eigenvalue weighted by Gasteiger charge is 2.15. The van der Waals surface area contributed by atoms with Gasteiger partial charge in [-0.1, -0.05) is 43.2 Å². The largest absolute Gasteiger partial charge is 0.356 e. The Kier molecular flexibility index (Phi) is 6.94. The molecule has 120 valence electrons. The van der Waals surface area contributed by atoms with Crippen LogP contribution in [0.15, 0.2) is 30.3 Å². The fraction of sp³-hybridized carbons (Fsp3) is 0.556. The van der Waals surface area contributed by atoms with Gasteiger partial charge in [-0.15, -0.1) is 0 Å². The van der Waals surface area contributed by atoms with Gasteiger partial charge in [-0.2, -0.15) is 0 Å². The standard InChI is InChI=1S/C18H26N2O2/c21-17-12-15-20(14-7-2-1-6-13-19-17)18(22)11-10-16-8-4-3-5-9-16/h3-5,8-9H,1-2,6-7,10-15H2,(H,19,21). The Balaban J connectivity index is 1.85. The van der Waals surface area contributed by atoms with Gasteiger partial charge in [0.15, 0.2) is 0 Å². The average Bonchev–Trinajstić information content (AvgIpc) is 2.59. The third-order valence-corrected chi connectivity index (χ3v) is 4.11. The van der Waals surface area contributed by atoms with E-state index in [2.05, 4.69) is 5.32 Å². The third kappa shape index (κ3) is 5.88. The number of aryl methyl sites for hydroxylation is 1. The van der Waals surface area contributed by atoms with Gasteiger partial charge in [0.25, 0.3) is 0 Å². The van der Waals surface area contributed by atoms with Gasteiger partial charge < -0.3 is 10.2 Å². The van der Waals surface area contributed by atoms with Gasteiger partial charge in [0.05, 0.1) is 0 Å². The van der Waals surface area contributed by atoms with Crippen LogP contribution >= 0.6 is 0 Å². The van der Waals surface area contributed by atoms with E-state index in [1.165, 1.54) is 5.56 Å². The minimum absolute atomic E-state index is 0.0581. The van der Waals surface area contributed by atoms with Crippen LogP contribution in [0.5, 0.6) is 0 Å². The predicted octanol–water partition coefficient (Wildman–Crippen LogP) is 2.53. The van der Waals surface area contributed by atoms with E-state index in [1.807, 2.05) is 35.2 Å². The Morgan fingerprint density at radius 2 is 1.82 bits per heavy atom. The van der Waals surface area contributed by atoms with E-state index < -0.39 is 0 Å². The van der Waals surface area contributed by atoms with Gasteiger partial charge in [0, 0.05) is 32.5 Å². The Bertz CT molecular complexity index is 473. The SMILES string of the molecule is O=C1CCN(C(=O)CCc2ccccc2)CCCCCCN1. The van der Waals surface area contributed by atoms with E-state index >= 15 is 0 Å². The molecule has 1 N–H and O–H groups in total. The summed E-state index contributed by atoms with van der Waals surface area (Å²) in [6, 6.07) is 10.1. The maximum absolute atomic E-state index is 12.4. The predicted molar refractivity (Wildman–Crippen MR) is 87.4 cm³/mol. The summed E-state index contributed by atoms with van der Waals surface area (Å²) >= 11 is 0. The van der Waals surface area contributed by atoms with Crippen molar-refractivity contribution >= 4 is 11.8 Å². The zero-order valence-electron chi connectivity index (χ0n) is 13.2. The first-order valence-corrected chi connectivity index (χ1v) is 8.34. The molecule has 0 spiro atoms. The summed E-state index contributed by atoms with van der Waals surface area (Å²) in [4.78, 5) is 26.0. The van der Waals surface area contributed by atoms with Crippen LogP contribution in [0.2, 0.25) is 0 Å². The van der Waals surface area contributed by atoms with E-state index in [1.54, 1.807) is 0 Å². The highest BCUT2D eigenvalue weighted by molar-refractivity contribution is 5.79. The molecule has 0 atom stereocenters. The molecule has 1 aromatic rings. The second-order valence-electron chi connectivity index (χ2n) is 5.88.